The normalized spacial score (nSPS) is 27.8. The molecule has 2 fully saturated rings. The van der Waals surface area contributed by atoms with Gasteiger partial charge in [-0.3, -0.25) is 9.69 Å². The molecule has 0 aliphatic carbocycles. The van der Waals surface area contributed by atoms with Gasteiger partial charge in [0.05, 0.1) is 28.6 Å². The van der Waals surface area contributed by atoms with Gasteiger partial charge in [0.25, 0.3) is 0 Å². The van der Waals surface area contributed by atoms with Crippen LogP contribution in [0.1, 0.15) is 53.8 Å². The van der Waals surface area contributed by atoms with E-state index in [1.54, 1.807) is 73.8 Å². The van der Waals surface area contributed by atoms with Crippen LogP contribution < -0.4 is 5.32 Å². The Morgan fingerprint density at radius 2 is 1.51 bits per heavy atom. The van der Waals surface area contributed by atoms with E-state index in [0.29, 0.717) is 17.0 Å². The summed E-state index contributed by atoms with van der Waals surface area (Å²) in [5, 5.41) is 33.0. The number of rotatable bonds is 9. The lowest BCUT2D eigenvalue weighted by atomic mass is 9.92. The molecule has 2 aromatic carbocycles. The van der Waals surface area contributed by atoms with Crippen molar-refractivity contribution in [3.05, 3.63) is 71.8 Å². The Labute approximate surface area is 273 Å². The molecule has 4 rings (SSSR count). The van der Waals surface area contributed by atoms with Gasteiger partial charge in [-0.25, -0.2) is 19.4 Å². The molecule has 9 atom stereocenters. The first kappa shape index (κ1) is 36.8. The number of carbonyl (C=O) groups excluding carboxylic acids is 3. The minimum absolute atomic E-state index is 0.147. The Hall–Kier alpha value is -2.71. The van der Waals surface area contributed by atoms with Crippen molar-refractivity contribution in [2.75, 3.05) is 19.8 Å². The van der Waals surface area contributed by atoms with Crippen molar-refractivity contribution >= 4 is 41.2 Å². The van der Waals surface area contributed by atoms with Crippen LogP contribution in [0.5, 0.6) is 0 Å². The van der Waals surface area contributed by atoms with E-state index in [0.717, 1.165) is 25.8 Å². The van der Waals surface area contributed by atoms with Crippen molar-refractivity contribution in [1.82, 2.24) is 10.2 Å². The minimum atomic E-state index is -1.36. The zero-order chi connectivity index (χ0) is 33.1. The fourth-order valence-corrected chi connectivity index (χ4v) is 6.32. The van der Waals surface area contributed by atoms with Crippen LogP contribution >= 0.6 is 23.4 Å². The number of likely N-dealkylation sites (N-methyl/N-ethyl adjacent to an activating group) is 1. The molecular weight excluding hydrogens is 624 g/mol. The number of thioether (sulfide) groups is 1. The summed E-state index contributed by atoms with van der Waals surface area (Å²) in [6.45, 7) is 4.74. The van der Waals surface area contributed by atoms with Gasteiger partial charge in [-0.05, 0) is 63.3 Å². The fourth-order valence-electron chi connectivity index (χ4n) is 5.43. The topological polar surface area (TPSA) is 155 Å². The zero-order valence-electron chi connectivity index (χ0n) is 25.8. The van der Waals surface area contributed by atoms with Crippen LogP contribution in [0.2, 0.25) is 0 Å². The molecule has 0 radical (unpaired) electrons. The molecule has 2 heterocycles. The summed E-state index contributed by atoms with van der Waals surface area (Å²) in [7, 11) is 1.94. The summed E-state index contributed by atoms with van der Waals surface area (Å²) in [6, 6.07) is 15.6. The second-order valence-corrected chi connectivity index (χ2v) is 12.8. The highest BCUT2D eigenvalue weighted by Gasteiger charge is 2.48. The van der Waals surface area contributed by atoms with E-state index in [1.807, 2.05) is 11.9 Å². The average molecular weight is 667 g/mol. The lowest BCUT2D eigenvalue weighted by Crippen LogP contribution is -2.65. The molecule has 0 aromatic heterocycles. The Morgan fingerprint density at radius 1 is 0.978 bits per heavy atom. The number of hydrogen-bond acceptors (Lipinski definition) is 11. The van der Waals surface area contributed by atoms with E-state index in [-0.39, 0.29) is 11.9 Å². The predicted octanol–water partition coefficient (Wildman–Crippen LogP) is 3.00. The fraction of sp³-hybridized carbons (Fsp3) is 0.531. The van der Waals surface area contributed by atoms with E-state index in [9.17, 15) is 29.7 Å². The standard InChI is InChI=1S/C18H33ClN2O5S.C14H10O4/c1-5-6-10-7-11(21(3)8-10)17(25)20-12(9(2)19)16-14(23)13(22)15(24)18(26-16)27-4;15-13(11-7-3-1-4-8-11)17-18-14(16)12-9-5-2-6-10-12/h9-16,18,22-24H,5-8H2,1-4H3,(H,20,25);1-10H/t9?,10-,11+,12?,13+,14-,15-,16-,18-;/m1./s1. The van der Waals surface area contributed by atoms with Crippen molar-refractivity contribution in [3.8, 4) is 0 Å². The highest BCUT2D eigenvalue weighted by Crippen LogP contribution is 2.31. The molecule has 2 saturated heterocycles. The van der Waals surface area contributed by atoms with Gasteiger partial charge >= 0.3 is 11.9 Å². The summed E-state index contributed by atoms with van der Waals surface area (Å²) < 4.78 is 5.79. The number of likely N-dealkylation sites (tertiary alicyclic amines) is 1. The van der Waals surface area contributed by atoms with E-state index >= 15 is 0 Å². The van der Waals surface area contributed by atoms with E-state index in [4.69, 9.17) is 16.3 Å². The van der Waals surface area contributed by atoms with Crippen LogP contribution in [0.15, 0.2) is 60.7 Å². The summed E-state index contributed by atoms with van der Waals surface area (Å²) in [5.74, 6) is -1.07. The Bertz CT molecular complexity index is 1170. The highest BCUT2D eigenvalue weighted by atomic mass is 35.5. The number of aliphatic hydroxyl groups excluding tert-OH is 3. The second-order valence-electron chi connectivity index (χ2n) is 11.2. The molecule has 13 heteroatoms. The van der Waals surface area contributed by atoms with Crippen molar-refractivity contribution in [1.29, 1.82) is 0 Å². The van der Waals surface area contributed by atoms with E-state index < -0.39 is 53.2 Å². The van der Waals surface area contributed by atoms with Crippen LogP contribution in [0.3, 0.4) is 0 Å². The van der Waals surface area contributed by atoms with Gasteiger partial charge in [0, 0.05) is 6.54 Å². The van der Waals surface area contributed by atoms with Crippen molar-refractivity contribution in [2.45, 2.75) is 80.4 Å². The van der Waals surface area contributed by atoms with Crippen LogP contribution in [0, 0.1) is 5.92 Å². The molecule has 0 bridgehead atoms. The highest BCUT2D eigenvalue weighted by molar-refractivity contribution is 7.99. The van der Waals surface area contributed by atoms with Gasteiger partial charge in [-0.1, -0.05) is 49.7 Å². The van der Waals surface area contributed by atoms with Crippen LogP contribution in [0.25, 0.3) is 0 Å². The third-order valence-electron chi connectivity index (χ3n) is 7.84. The molecule has 45 heavy (non-hydrogen) atoms. The van der Waals surface area contributed by atoms with E-state index in [1.165, 1.54) is 11.8 Å². The number of alkyl halides is 1. The first-order valence-electron chi connectivity index (χ1n) is 14.9. The van der Waals surface area contributed by atoms with Gasteiger partial charge < -0.3 is 25.4 Å². The first-order chi connectivity index (χ1) is 21.5. The molecule has 0 spiro atoms. The smallest absolute Gasteiger partial charge is 0.386 e. The zero-order valence-corrected chi connectivity index (χ0v) is 27.4. The SMILES string of the molecule is CCC[C@@H]1C[C@@H](C(=O)NC(C(C)Cl)[C@H]2O[C@H](SC)[C@H](O)[C@@H](O)[C@H]2O)N(C)C1.O=C(OOC(=O)c1ccccc1)c1ccccc1. The maximum atomic E-state index is 12.9. The Balaban J connectivity index is 0.000000265. The molecule has 4 N–H and O–H groups in total. The molecule has 2 aliphatic heterocycles. The third-order valence-corrected chi connectivity index (χ3v) is 8.97. The number of ether oxygens (including phenoxy) is 1. The minimum Gasteiger partial charge on any atom is -0.388 e. The van der Waals surface area contributed by atoms with Gasteiger partial charge in [-0.2, -0.15) is 0 Å². The number of aliphatic hydroxyl groups is 3. The van der Waals surface area contributed by atoms with Crippen molar-refractivity contribution < 1.29 is 44.2 Å². The number of carbonyl (C=O) groups is 3. The van der Waals surface area contributed by atoms with Crippen LogP contribution in [-0.2, 0) is 19.3 Å². The van der Waals surface area contributed by atoms with Crippen LogP contribution in [-0.4, -0.2) is 105 Å². The van der Waals surface area contributed by atoms with Gasteiger partial charge in [0.15, 0.2) is 0 Å². The largest absolute Gasteiger partial charge is 0.388 e. The number of benzene rings is 2. The molecule has 248 valence electrons. The molecule has 1 amide bonds. The number of nitrogens with zero attached hydrogens (tertiary/aromatic N) is 1. The lowest BCUT2D eigenvalue weighted by molar-refractivity contribution is -0.205. The van der Waals surface area contributed by atoms with Crippen molar-refractivity contribution in [3.63, 3.8) is 0 Å². The number of hydrogen-bond donors (Lipinski definition) is 4. The molecule has 2 aliphatic rings. The van der Waals surface area contributed by atoms with Crippen LogP contribution in [0.4, 0.5) is 0 Å². The second kappa shape index (κ2) is 17.8. The summed E-state index contributed by atoms with van der Waals surface area (Å²) >= 11 is 7.55. The molecule has 11 nitrogen and oxygen atoms in total. The van der Waals surface area contributed by atoms with Gasteiger partial charge in [0.2, 0.25) is 5.91 Å². The van der Waals surface area contributed by atoms with E-state index in [2.05, 4.69) is 22.0 Å². The number of amides is 1. The molecular formula is C32H43ClN2O9S. The molecule has 0 saturated carbocycles. The number of nitrogens with one attached hydrogen (secondary N) is 1. The Kier molecular flexibility index (Phi) is 14.6. The third kappa shape index (κ3) is 10.1. The summed E-state index contributed by atoms with van der Waals surface area (Å²) in [6.07, 6.45) is -0.0980. The maximum absolute atomic E-state index is 12.9. The predicted molar refractivity (Wildman–Crippen MR) is 171 cm³/mol. The summed E-state index contributed by atoms with van der Waals surface area (Å²) in [5.41, 5.74) is -0.0666. The molecule has 2 unspecified atom stereocenters. The monoisotopic (exact) mass is 666 g/mol. The summed E-state index contributed by atoms with van der Waals surface area (Å²) in [4.78, 5) is 46.8. The van der Waals surface area contributed by atoms with Gasteiger partial charge in [0.1, 0.15) is 29.9 Å². The molecule has 2 aromatic rings. The Morgan fingerprint density at radius 3 is 1.98 bits per heavy atom. The maximum Gasteiger partial charge on any atom is 0.386 e. The first-order valence-corrected chi connectivity index (χ1v) is 16.6. The number of halogens is 1. The van der Waals surface area contributed by atoms with Gasteiger partial charge in [-0.15, -0.1) is 23.4 Å². The quantitative estimate of drug-likeness (QED) is 0.177. The lowest BCUT2D eigenvalue weighted by Gasteiger charge is -2.44. The van der Waals surface area contributed by atoms with Crippen molar-refractivity contribution in [2.24, 2.45) is 5.92 Å². The average Bonchev–Trinajstić information content (AvgIpc) is 3.42.